The minimum Gasteiger partial charge on any atom is -0.459 e. The zero-order chi connectivity index (χ0) is 26.3. The number of thioether (sulfide) groups is 1. The Balaban J connectivity index is 1.71. The second-order valence-electron chi connectivity index (χ2n) is 9.93. The van der Waals surface area contributed by atoms with Crippen molar-refractivity contribution in [1.82, 2.24) is 9.97 Å². The first-order valence-corrected chi connectivity index (χ1v) is 13.0. The first-order valence-electron chi connectivity index (χ1n) is 11.8. The first-order chi connectivity index (χ1) is 17.0. The van der Waals surface area contributed by atoms with Gasteiger partial charge in [0, 0.05) is 47.3 Å². The molecular weight excluding hydrogens is 494 g/mol. The molecule has 192 valence electrons. The molecule has 0 amide bonds. The predicted octanol–water partition coefficient (Wildman–Crippen LogP) is 6.81. The molecule has 0 aliphatic heterocycles. The zero-order valence-electron chi connectivity index (χ0n) is 21.7. The van der Waals surface area contributed by atoms with Gasteiger partial charge < -0.3 is 14.8 Å². The van der Waals surface area contributed by atoms with Crippen molar-refractivity contribution in [3.05, 3.63) is 70.9 Å². The number of hydrogen-bond donors (Lipinski definition) is 1. The van der Waals surface area contributed by atoms with E-state index in [9.17, 15) is 4.79 Å². The second-order valence-corrected chi connectivity index (χ2v) is 12.1. The molecule has 0 saturated carbocycles. The number of carbonyl (C=O) groups excluding carboxylic acids is 1. The van der Waals surface area contributed by atoms with E-state index in [1.165, 1.54) is 11.8 Å². The Labute approximate surface area is 223 Å². The Kier molecular flexibility index (Phi) is 9.39. The summed E-state index contributed by atoms with van der Waals surface area (Å²) < 4.78 is 10.1. The molecule has 3 aromatic rings. The Hall–Kier alpha value is -2.61. The van der Waals surface area contributed by atoms with Crippen LogP contribution in [-0.2, 0) is 27.2 Å². The number of carbonyl (C=O) groups is 1. The smallest absolute Gasteiger partial charge is 0.322 e. The first kappa shape index (κ1) is 28.0. The van der Waals surface area contributed by atoms with Crippen LogP contribution in [0.2, 0.25) is 5.02 Å². The maximum absolute atomic E-state index is 12.6. The fraction of sp³-hybridized carbons (Fsp3) is 0.393. The van der Waals surface area contributed by atoms with Gasteiger partial charge in [0.1, 0.15) is 16.2 Å². The van der Waals surface area contributed by atoms with Gasteiger partial charge in [-0.2, -0.15) is 0 Å². The van der Waals surface area contributed by atoms with E-state index in [4.69, 9.17) is 26.1 Å². The molecule has 0 radical (unpaired) electrons. The molecule has 6 nitrogen and oxygen atoms in total. The Morgan fingerprint density at radius 3 is 2.44 bits per heavy atom. The van der Waals surface area contributed by atoms with E-state index in [2.05, 4.69) is 22.4 Å². The molecular formula is C28H34ClN3O3S. The number of benzene rings is 2. The van der Waals surface area contributed by atoms with Crippen molar-refractivity contribution < 1.29 is 14.3 Å². The molecule has 1 N–H and O–H groups in total. The average Bonchev–Trinajstić information content (AvgIpc) is 2.81. The normalized spacial score (nSPS) is 11.9. The van der Waals surface area contributed by atoms with Gasteiger partial charge in [-0.15, -0.1) is 11.8 Å². The number of esters is 1. The van der Waals surface area contributed by atoms with E-state index in [1.807, 2.05) is 77.2 Å². The third kappa shape index (κ3) is 8.22. The van der Waals surface area contributed by atoms with Crippen molar-refractivity contribution in [3.8, 4) is 11.4 Å². The molecule has 0 fully saturated rings. The highest BCUT2D eigenvalue weighted by atomic mass is 35.5. The highest BCUT2D eigenvalue weighted by Gasteiger charge is 2.33. The van der Waals surface area contributed by atoms with E-state index in [1.54, 1.807) is 7.11 Å². The molecule has 0 unspecified atom stereocenters. The van der Waals surface area contributed by atoms with Crippen molar-refractivity contribution >= 4 is 35.1 Å². The summed E-state index contributed by atoms with van der Waals surface area (Å²) in [6.07, 6.45) is 2.53. The van der Waals surface area contributed by atoms with Gasteiger partial charge >= 0.3 is 5.97 Å². The van der Waals surface area contributed by atoms with Crippen molar-refractivity contribution in [3.63, 3.8) is 0 Å². The van der Waals surface area contributed by atoms with Crippen LogP contribution in [0, 0.1) is 0 Å². The average molecular weight is 528 g/mol. The number of hydrogen-bond acceptors (Lipinski definition) is 7. The summed E-state index contributed by atoms with van der Waals surface area (Å²) >= 11 is 7.65. The van der Waals surface area contributed by atoms with Crippen LogP contribution in [0.4, 0.5) is 5.82 Å². The van der Waals surface area contributed by atoms with Crippen LogP contribution in [0.15, 0.2) is 59.6 Å². The van der Waals surface area contributed by atoms with E-state index in [-0.39, 0.29) is 5.97 Å². The zero-order valence-corrected chi connectivity index (χ0v) is 23.3. The molecule has 0 saturated heterocycles. The standard InChI is InChI=1S/C28H34ClN3O3S/c1-27(2,3)35-26(33)28(4,5)36-23-12-10-19(11-13-23)17-30-25-21(14-15-34-6)18-31-24(32-25)20-8-7-9-22(29)16-20/h7-13,16,18H,14-15,17H2,1-6H3,(H,30,31,32). The lowest BCUT2D eigenvalue weighted by Crippen LogP contribution is -2.36. The third-order valence-corrected chi connectivity index (χ3v) is 6.59. The molecule has 3 rings (SSSR count). The van der Waals surface area contributed by atoms with Crippen LogP contribution in [0.1, 0.15) is 45.7 Å². The molecule has 2 aromatic carbocycles. The van der Waals surface area contributed by atoms with Crippen LogP contribution < -0.4 is 5.32 Å². The quantitative estimate of drug-likeness (QED) is 0.229. The van der Waals surface area contributed by atoms with E-state index >= 15 is 0 Å². The van der Waals surface area contributed by atoms with Gasteiger partial charge in [0.2, 0.25) is 0 Å². The molecule has 0 aliphatic carbocycles. The van der Waals surface area contributed by atoms with Crippen molar-refractivity contribution in [2.75, 3.05) is 19.0 Å². The Bertz CT molecular complexity index is 1180. The maximum Gasteiger partial charge on any atom is 0.322 e. The number of nitrogens with zero attached hydrogens (tertiary/aromatic N) is 2. The third-order valence-electron chi connectivity index (χ3n) is 5.17. The molecule has 0 aliphatic rings. The lowest BCUT2D eigenvalue weighted by atomic mass is 10.1. The van der Waals surface area contributed by atoms with Crippen LogP contribution in [-0.4, -0.2) is 40.0 Å². The van der Waals surface area contributed by atoms with Crippen LogP contribution in [0.3, 0.4) is 0 Å². The minimum atomic E-state index is -0.693. The van der Waals surface area contributed by atoms with Crippen molar-refractivity contribution in [2.45, 2.75) is 62.8 Å². The van der Waals surface area contributed by atoms with Gasteiger partial charge in [-0.05, 0) is 64.4 Å². The fourth-order valence-electron chi connectivity index (χ4n) is 3.32. The minimum absolute atomic E-state index is 0.228. The van der Waals surface area contributed by atoms with Gasteiger partial charge in [0.05, 0.1) is 6.61 Å². The number of rotatable bonds is 10. The lowest BCUT2D eigenvalue weighted by molar-refractivity contribution is -0.156. The van der Waals surface area contributed by atoms with E-state index < -0.39 is 10.3 Å². The van der Waals surface area contributed by atoms with Gasteiger partial charge in [0.25, 0.3) is 0 Å². The lowest BCUT2D eigenvalue weighted by Gasteiger charge is -2.28. The maximum atomic E-state index is 12.6. The van der Waals surface area contributed by atoms with Crippen LogP contribution in [0.5, 0.6) is 0 Å². The highest BCUT2D eigenvalue weighted by molar-refractivity contribution is 8.01. The molecule has 1 aromatic heterocycles. The monoisotopic (exact) mass is 527 g/mol. The van der Waals surface area contributed by atoms with Crippen molar-refractivity contribution in [2.24, 2.45) is 0 Å². The predicted molar refractivity (Wildman–Crippen MR) is 148 cm³/mol. The fourth-order valence-corrected chi connectivity index (χ4v) is 4.50. The SMILES string of the molecule is COCCc1cnc(-c2cccc(Cl)c2)nc1NCc1ccc(SC(C)(C)C(=O)OC(C)(C)C)cc1. The van der Waals surface area contributed by atoms with Crippen LogP contribution in [0.25, 0.3) is 11.4 Å². The van der Waals surface area contributed by atoms with E-state index in [0.29, 0.717) is 30.4 Å². The second kappa shape index (κ2) is 12.1. The summed E-state index contributed by atoms with van der Waals surface area (Å²) in [5.41, 5.74) is 2.42. The summed E-state index contributed by atoms with van der Waals surface area (Å²) in [6, 6.07) is 15.7. The molecule has 0 bridgehead atoms. The highest BCUT2D eigenvalue weighted by Crippen LogP contribution is 2.34. The van der Waals surface area contributed by atoms with Gasteiger partial charge in [-0.3, -0.25) is 4.79 Å². The largest absolute Gasteiger partial charge is 0.459 e. The topological polar surface area (TPSA) is 73.3 Å². The van der Waals surface area contributed by atoms with Gasteiger partial charge in [0.15, 0.2) is 5.82 Å². The molecule has 1 heterocycles. The van der Waals surface area contributed by atoms with Gasteiger partial charge in [-0.1, -0.05) is 35.9 Å². The number of halogens is 1. The summed E-state index contributed by atoms with van der Waals surface area (Å²) in [7, 11) is 1.68. The number of ether oxygens (including phenoxy) is 2. The Morgan fingerprint density at radius 1 is 1.08 bits per heavy atom. The summed E-state index contributed by atoms with van der Waals surface area (Å²) in [4.78, 5) is 22.9. The van der Waals surface area contributed by atoms with Crippen LogP contribution >= 0.6 is 23.4 Å². The molecule has 0 atom stereocenters. The van der Waals surface area contributed by atoms with Crippen molar-refractivity contribution in [1.29, 1.82) is 0 Å². The molecule has 36 heavy (non-hydrogen) atoms. The number of nitrogens with one attached hydrogen (secondary N) is 1. The number of methoxy groups -OCH3 is 1. The summed E-state index contributed by atoms with van der Waals surface area (Å²) in [5.74, 6) is 1.15. The number of aromatic nitrogens is 2. The molecule has 0 spiro atoms. The van der Waals surface area contributed by atoms with Gasteiger partial charge in [-0.25, -0.2) is 9.97 Å². The Morgan fingerprint density at radius 2 is 1.81 bits per heavy atom. The summed E-state index contributed by atoms with van der Waals surface area (Å²) in [6.45, 7) is 10.6. The van der Waals surface area contributed by atoms with E-state index in [0.717, 1.165) is 27.4 Å². The summed E-state index contributed by atoms with van der Waals surface area (Å²) in [5, 5.41) is 4.09. The number of anilines is 1. The molecule has 8 heteroatoms.